The van der Waals surface area contributed by atoms with Crippen LogP contribution in [0.3, 0.4) is 0 Å². The molecule has 1 atom stereocenters. The van der Waals surface area contributed by atoms with Gasteiger partial charge in [-0.3, -0.25) is 0 Å². The summed E-state index contributed by atoms with van der Waals surface area (Å²) in [5.74, 6) is 0.793. The molecule has 0 aliphatic carbocycles. The molecule has 6 nitrogen and oxygen atoms in total. The number of hydrogen-bond donors (Lipinski definition) is 1. The summed E-state index contributed by atoms with van der Waals surface area (Å²) >= 11 is 6.23. The summed E-state index contributed by atoms with van der Waals surface area (Å²) in [6, 6.07) is 11.5. The summed E-state index contributed by atoms with van der Waals surface area (Å²) in [5, 5.41) is 12.3. The van der Waals surface area contributed by atoms with Crippen molar-refractivity contribution < 1.29 is 9.53 Å². The second kappa shape index (κ2) is 8.13. The molecule has 1 amide bonds. The van der Waals surface area contributed by atoms with Crippen LogP contribution in [0.1, 0.15) is 33.6 Å². The van der Waals surface area contributed by atoms with Crippen molar-refractivity contribution in [2.75, 3.05) is 18.0 Å². The monoisotopic (exact) mass is 388 g/mol. The first kappa shape index (κ1) is 19.4. The number of aromatic nitrogens is 2. The number of benzene rings is 1. The Bertz CT molecular complexity index is 789. The molecule has 1 aliphatic rings. The molecule has 144 valence electrons. The van der Waals surface area contributed by atoms with E-state index in [1.54, 1.807) is 0 Å². The number of ether oxygens (including phenoxy) is 1. The van der Waals surface area contributed by atoms with Crippen LogP contribution < -0.4 is 10.2 Å². The van der Waals surface area contributed by atoms with Gasteiger partial charge in [-0.1, -0.05) is 29.8 Å². The second-order valence-corrected chi connectivity index (χ2v) is 8.10. The van der Waals surface area contributed by atoms with E-state index in [0.717, 1.165) is 36.5 Å². The van der Waals surface area contributed by atoms with Crippen molar-refractivity contribution in [1.82, 2.24) is 15.5 Å². The Hall–Kier alpha value is -2.34. The molecule has 7 heteroatoms. The lowest BCUT2D eigenvalue weighted by molar-refractivity contribution is 0.0500. The zero-order chi connectivity index (χ0) is 19.4. The molecule has 0 bridgehead atoms. The van der Waals surface area contributed by atoms with Gasteiger partial charge in [0.2, 0.25) is 0 Å². The van der Waals surface area contributed by atoms with Crippen LogP contribution in [0.5, 0.6) is 0 Å². The molecular formula is C20H25ClN4O2. The van der Waals surface area contributed by atoms with Crippen molar-refractivity contribution in [1.29, 1.82) is 0 Å². The van der Waals surface area contributed by atoms with Crippen molar-refractivity contribution in [3.8, 4) is 11.3 Å². The third-order valence-corrected chi connectivity index (χ3v) is 4.60. The van der Waals surface area contributed by atoms with E-state index in [4.69, 9.17) is 16.3 Å². The smallest absolute Gasteiger partial charge is 0.407 e. The fourth-order valence-corrected chi connectivity index (χ4v) is 3.32. The van der Waals surface area contributed by atoms with Crippen molar-refractivity contribution in [2.24, 2.45) is 0 Å². The van der Waals surface area contributed by atoms with Gasteiger partial charge in [0.15, 0.2) is 5.82 Å². The average Bonchev–Trinajstić information content (AvgIpc) is 2.61. The van der Waals surface area contributed by atoms with E-state index in [1.165, 1.54) is 0 Å². The Morgan fingerprint density at radius 3 is 2.67 bits per heavy atom. The third-order valence-electron chi connectivity index (χ3n) is 4.27. The molecule has 0 unspecified atom stereocenters. The standard InChI is InChI=1S/C20H25ClN4O2/c1-20(2,3)27-19(26)22-14-7-6-12-25(13-14)18-11-10-17(23-24-18)15-8-4-5-9-16(15)21/h4-5,8-11,14H,6-7,12-13H2,1-3H3,(H,22,26)/t14-/m0/s1. The largest absolute Gasteiger partial charge is 0.444 e. The summed E-state index contributed by atoms with van der Waals surface area (Å²) < 4.78 is 5.35. The maximum atomic E-state index is 12.0. The highest BCUT2D eigenvalue weighted by molar-refractivity contribution is 6.33. The lowest BCUT2D eigenvalue weighted by Gasteiger charge is -2.34. The number of halogens is 1. The van der Waals surface area contributed by atoms with Crippen molar-refractivity contribution in [3.63, 3.8) is 0 Å². The quantitative estimate of drug-likeness (QED) is 0.849. The van der Waals surface area contributed by atoms with Crippen LogP contribution in [0, 0.1) is 0 Å². The minimum absolute atomic E-state index is 0.0265. The van der Waals surface area contributed by atoms with E-state index >= 15 is 0 Å². The van der Waals surface area contributed by atoms with Gasteiger partial charge < -0.3 is 15.0 Å². The van der Waals surface area contributed by atoms with E-state index in [9.17, 15) is 4.79 Å². The predicted octanol–water partition coefficient (Wildman–Crippen LogP) is 4.29. The third kappa shape index (κ3) is 5.32. The van der Waals surface area contributed by atoms with Gasteiger partial charge in [0.05, 0.1) is 10.7 Å². The molecule has 1 saturated heterocycles. The van der Waals surface area contributed by atoms with E-state index in [0.29, 0.717) is 11.6 Å². The first-order chi connectivity index (χ1) is 12.8. The normalized spacial score (nSPS) is 17.5. The van der Waals surface area contributed by atoms with Gasteiger partial charge in [-0.2, -0.15) is 0 Å². The molecule has 1 aliphatic heterocycles. The van der Waals surface area contributed by atoms with Crippen LogP contribution in [0.15, 0.2) is 36.4 Å². The van der Waals surface area contributed by atoms with Crippen molar-refractivity contribution in [3.05, 3.63) is 41.4 Å². The number of rotatable bonds is 3. The molecule has 2 heterocycles. The highest BCUT2D eigenvalue weighted by Crippen LogP contribution is 2.26. The molecule has 0 radical (unpaired) electrons. The molecule has 27 heavy (non-hydrogen) atoms. The minimum atomic E-state index is -0.502. The number of nitrogens with zero attached hydrogens (tertiary/aromatic N) is 3. The van der Waals surface area contributed by atoms with Crippen LogP contribution >= 0.6 is 11.6 Å². The van der Waals surface area contributed by atoms with Crippen LogP contribution in [0.25, 0.3) is 11.3 Å². The molecular weight excluding hydrogens is 364 g/mol. The Morgan fingerprint density at radius 2 is 2.00 bits per heavy atom. The average molecular weight is 389 g/mol. The minimum Gasteiger partial charge on any atom is -0.444 e. The van der Waals surface area contributed by atoms with E-state index in [1.807, 2.05) is 57.2 Å². The van der Waals surface area contributed by atoms with Crippen LogP contribution in [-0.2, 0) is 4.74 Å². The highest BCUT2D eigenvalue weighted by atomic mass is 35.5. The van der Waals surface area contributed by atoms with Gasteiger partial charge in [-0.25, -0.2) is 4.79 Å². The van der Waals surface area contributed by atoms with Crippen LogP contribution in [0.4, 0.5) is 10.6 Å². The number of alkyl carbamates (subject to hydrolysis) is 1. The number of hydrogen-bond acceptors (Lipinski definition) is 5. The lowest BCUT2D eigenvalue weighted by Crippen LogP contribution is -2.49. The van der Waals surface area contributed by atoms with Crippen molar-refractivity contribution >= 4 is 23.5 Å². The fraction of sp³-hybridized carbons (Fsp3) is 0.450. The number of nitrogens with one attached hydrogen (secondary N) is 1. The van der Waals surface area contributed by atoms with E-state index < -0.39 is 5.60 Å². The highest BCUT2D eigenvalue weighted by Gasteiger charge is 2.25. The molecule has 1 fully saturated rings. The van der Waals surface area contributed by atoms with Crippen molar-refractivity contribution in [2.45, 2.75) is 45.3 Å². The maximum Gasteiger partial charge on any atom is 0.407 e. The Kier molecular flexibility index (Phi) is 5.85. The number of carbonyl (C=O) groups is 1. The summed E-state index contributed by atoms with van der Waals surface area (Å²) in [4.78, 5) is 14.1. The summed E-state index contributed by atoms with van der Waals surface area (Å²) in [6.07, 6.45) is 1.50. The zero-order valence-corrected chi connectivity index (χ0v) is 16.7. The zero-order valence-electron chi connectivity index (χ0n) is 15.9. The molecule has 1 aromatic carbocycles. The summed E-state index contributed by atoms with van der Waals surface area (Å²) in [5.41, 5.74) is 1.10. The molecule has 1 N–H and O–H groups in total. The van der Waals surface area contributed by atoms with Crippen LogP contribution in [-0.4, -0.2) is 41.0 Å². The number of anilines is 1. The van der Waals surface area contributed by atoms with Crippen LogP contribution in [0.2, 0.25) is 5.02 Å². The number of amides is 1. The molecule has 0 spiro atoms. The van der Waals surface area contributed by atoms with Gasteiger partial charge in [0.25, 0.3) is 0 Å². The first-order valence-corrected chi connectivity index (χ1v) is 9.53. The SMILES string of the molecule is CC(C)(C)OC(=O)N[C@H]1CCCN(c2ccc(-c3ccccc3Cl)nn2)C1. The number of carbonyl (C=O) groups excluding carboxylic acids is 1. The lowest BCUT2D eigenvalue weighted by atomic mass is 10.1. The van der Waals surface area contributed by atoms with Gasteiger partial charge in [-0.15, -0.1) is 10.2 Å². The van der Waals surface area contributed by atoms with Gasteiger partial charge in [0, 0.05) is 24.7 Å². The van der Waals surface area contributed by atoms with Gasteiger partial charge in [-0.05, 0) is 51.8 Å². The second-order valence-electron chi connectivity index (χ2n) is 7.69. The van der Waals surface area contributed by atoms with Gasteiger partial charge >= 0.3 is 6.09 Å². The fourth-order valence-electron chi connectivity index (χ4n) is 3.08. The predicted molar refractivity (Wildman–Crippen MR) is 107 cm³/mol. The topological polar surface area (TPSA) is 67.3 Å². The molecule has 3 rings (SSSR count). The van der Waals surface area contributed by atoms with E-state index in [2.05, 4.69) is 20.4 Å². The summed E-state index contributed by atoms with van der Waals surface area (Å²) in [7, 11) is 0. The Balaban J connectivity index is 1.64. The van der Waals surface area contributed by atoms with Gasteiger partial charge in [0.1, 0.15) is 5.60 Å². The first-order valence-electron chi connectivity index (χ1n) is 9.15. The summed E-state index contributed by atoms with van der Waals surface area (Å²) in [6.45, 7) is 7.13. The maximum absolute atomic E-state index is 12.0. The number of piperidine rings is 1. The van der Waals surface area contributed by atoms with E-state index in [-0.39, 0.29) is 12.1 Å². The molecule has 0 saturated carbocycles. The molecule has 1 aromatic heterocycles. The Labute approximate surface area is 164 Å². The molecule has 2 aromatic rings. The Morgan fingerprint density at radius 1 is 1.22 bits per heavy atom.